The molecule has 2 heteroatoms. The van der Waals surface area contributed by atoms with Gasteiger partial charge in [-0.25, -0.2) is 0 Å². The topological polar surface area (TPSA) is 0 Å². The Kier molecular flexibility index (Phi) is 1.30. The SMILES string of the molecule is [2H]c1c([2H])c([2H])c(S[Si](C)(C)C)c([2H])c1[2H]. The van der Waals surface area contributed by atoms with E-state index < -0.39 is 7.22 Å². The largest absolute Gasteiger partial charge is 0.152 e. The van der Waals surface area contributed by atoms with Crippen LogP contribution >= 0.6 is 11.2 Å². The Morgan fingerprint density at radius 2 is 1.73 bits per heavy atom. The summed E-state index contributed by atoms with van der Waals surface area (Å²) in [4.78, 5) is 0.380. The lowest BCUT2D eigenvalue weighted by molar-refractivity contribution is 1.47. The van der Waals surface area contributed by atoms with Gasteiger partial charge in [0, 0.05) is 4.90 Å². The van der Waals surface area contributed by atoms with Crippen LogP contribution in [0.2, 0.25) is 19.6 Å². The zero-order valence-electron chi connectivity index (χ0n) is 11.9. The van der Waals surface area contributed by atoms with Crippen LogP contribution in [0.1, 0.15) is 6.85 Å². The Labute approximate surface area is 80.7 Å². The highest BCUT2D eigenvalue weighted by atomic mass is 32.4. The quantitative estimate of drug-likeness (QED) is 0.637. The van der Waals surface area contributed by atoms with Crippen molar-refractivity contribution in [2.24, 2.45) is 0 Å². The predicted molar refractivity (Wildman–Crippen MR) is 55.6 cm³/mol. The van der Waals surface area contributed by atoms with Gasteiger partial charge in [-0.15, -0.1) is 0 Å². The van der Waals surface area contributed by atoms with E-state index in [0.29, 0.717) is 4.90 Å². The first kappa shape index (κ1) is 4.15. The maximum Gasteiger partial charge on any atom is 0.114 e. The molecule has 0 aliphatic heterocycles. The second-order valence-electron chi connectivity index (χ2n) is 3.17. The lowest BCUT2D eigenvalue weighted by Crippen LogP contribution is -2.13. The van der Waals surface area contributed by atoms with E-state index in [1.165, 1.54) is 11.2 Å². The Bertz CT molecular complexity index is 398. The van der Waals surface area contributed by atoms with Gasteiger partial charge in [-0.3, -0.25) is 0 Å². The first-order valence-electron chi connectivity index (χ1n) is 5.91. The number of rotatable bonds is 2. The van der Waals surface area contributed by atoms with Gasteiger partial charge in [-0.05, 0) is 12.1 Å². The van der Waals surface area contributed by atoms with Crippen molar-refractivity contribution in [3.8, 4) is 0 Å². The maximum absolute atomic E-state index is 7.74. The first-order chi connectivity index (χ1) is 7.15. The van der Waals surface area contributed by atoms with Crippen LogP contribution in [0.3, 0.4) is 0 Å². The summed E-state index contributed by atoms with van der Waals surface area (Å²) in [6.45, 7) is 6.25. The fourth-order valence-corrected chi connectivity index (χ4v) is 3.56. The second kappa shape index (κ2) is 3.46. The second-order valence-corrected chi connectivity index (χ2v) is 12.3. The van der Waals surface area contributed by atoms with Crippen molar-refractivity contribution >= 4 is 18.4 Å². The van der Waals surface area contributed by atoms with Crippen LogP contribution in [0.15, 0.2) is 35.1 Å². The van der Waals surface area contributed by atoms with E-state index in [-0.39, 0.29) is 30.2 Å². The van der Waals surface area contributed by atoms with Crippen LogP contribution in [0.5, 0.6) is 0 Å². The molecule has 1 aromatic rings. The maximum atomic E-state index is 7.74. The highest BCUT2D eigenvalue weighted by molar-refractivity contribution is 8.28. The first-order valence-corrected chi connectivity index (χ1v) is 8.45. The van der Waals surface area contributed by atoms with Crippen LogP contribution in [0.4, 0.5) is 0 Å². The molecule has 0 spiro atoms. The fraction of sp³-hybridized carbons (Fsp3) is 0.333. The van der Waals surface area contributed by atoms with Crippen molar-refractivity contribution in [1.82, 2.24) is 0 Å². The number of hydrogen-bond acceptors (Lipinski definition) is 1. The molecule has 0 saturated heterocycles. The average Bonchev–Trinajstić information content (AvgIpc) is 2.17. The van der Waals surface area contributed by atoms with E-state index >= 15 is 0 Å². The minimum Gasteiger partial charge on any atom is -0.152 e. The summed E-state index contributed by atoms with van der Waals surface area (Å²) < 4.78 is 38.0. The van der Waals surface area contributed by atoms with E-state index in [0.717, 1.165) is 0 Å². The third-order valence-corrected chi connectivity index (χ3v) is 4.36. The Morgan fingerprint density at radius 1 is 1.18 bits per heavy atom. The van der Waals surface area contributed by atoms with Gasteiger partial charge in [0.2, 0.25) is 0 Å². The van der Waals surface area contributed by atoms with Gasteiger partial charge >= 0.3 is 0 Å². The van der Waals surface area contributed by atoms with E-state index in [9.17, 15) is 0 Å². The molecule has 0 atom stereocenters. The summed E-state index contributed by atoms with van der Waals surface area (Å²) in [5, 5.41) is 0. The van der Waals surface area contributed by atoms with E-state index in [1.54, 1.807) is 0 Å². The van der Waals surface area contributed by atoms with Crippen molar-refractivity contribution in [2.75, 3.05) is 0 Å². The summed E-state index contributed by atoms with van der Waals surface area (Å²) in [5.41, 5.74) is 0. The molecular weight excluding hydrogens is 168 g/mol. The molecule has 0 aliphatic carbocycles. The molecule has 11 heavy (non-hydrogen) atoms. The lowest BCUT2D eigenvalue weighted by atomic mass is 10.4. The zero-order chi connectivity index (χ0) is 12.7. The molecular formula is C9H14SSi. The number of benzene rings is 1. The van der Waals surface area contributed by atoms with Gasteiger partial charge in [-0.1, -0.05) is 37.8 Å². The lowest BCUT2D eigenvalue weighted by Gasteiger charge is -2.14. The summed E-state index contributed by atoms with van der Waals surface area (Å²) in [5.74, 6) is 0. The molecule has 1 rings (SSSR count). The molecule has 0 N–H and O–H groups in total. The molecule has 60 valence electrons. The molecule has 0 amide bonds. The Balaban J connectivity index is 3.40. The van der Waals surface area contributed by atoms with Crippen LogP contribution in [0.25, 0.3) is 0 Å². The molecule has 0 radical (unpaired) electrons. The monoisotopic (exact) mass is 187 g/mol. The smallest absolute Gasteiger partial charge is 0.114 e. The Hall–Kier alpha value is -0.213. The average molecular weight is 187 g/mol. The van der Waals surface area contributed by atoms with Crippen LogP contribution in [-0.2, 0) is 0 Å². The van der Waals surface area contributed by atoms with Crippen molar-refractivity contribution in [3.63, 3.8) is 0 Å². The highest BCUT2D eigenvalue weighted by Crippen LogP contribution is 2.28. The molecule has 0 unspecified atom stereocenters. The highest BCUT2D eigenvalue weighted by Gasteiger charge is 2.13. The Morgan fingerprint density at radius 3 is 2.18 bits per heavy atom. The summed E-state index contributed by atoms with van der Waals surface area (Å²) >= 11 is 1.43. The minimum atomic E-state index is -1.58. The predicted octanol–water partition coefficient (Wildman–Crippen LogP) is 3.61. The fourth-order valence-electron chi connectivity index (χ4n) is 0.596. The zero-order valence-corrected chi connectivity index (χ0v) is 8.72. The number of hydrogen-bond donors (Lipinski definition) is 0. The molecule has 1 aromatic carbocycles. The third-order valence-electron chi connectivity index (χ3n) is 0.885. The van der Waals surface area contributed by atoms with E-state index in [2.05, 4.69) is 19.6 Å². The van der Waals surface area contributed by atoms with Gasteiger partial charge in [-0.2, -0.15) is 11.2 Å². The van der Waals surface area contributed by atoms with Gasteiger partial charge in [0.25, 0.3) is 0 Å². The molecule has 0 nitrogen and oxygen atoms in total. The van der Waals surface area contributed by atoms with Crippen LogP contribution < -0.4 is 0 Å². The van der Waals surface area contributed by atoms with E-state index in [1.807, 2.05) is 0 Å². The third kappa shape index (κ3) is 3.63. The van der Waals surface area contributed by atoms with Crippen molar-refractivity contribution in [3.05, 3.63) is 30.2 Å². The molecule has 0 heterocycles. The summed E-state index contributed by atoms with van der Waals surface area (Å²) in [6.07, 6.45) is 0. The van der Waals surface area contributed by atoms with Crippen molar-refractivity contribution < 1.29 is 6.85 Å². The molecule has 0 saturated carbocycles. The molecule has 0 bridgehead atoms. The normalized spacial score (nSPS) is 17.9. The standard InChI is InChI=1S/C9H14SSi/c1-11(2,3)10-9-7-5-4-6-8-9/h4-8H,1-3H3/i4D,5D,6D,7D,8D. The van der Waals surface area contributed by atoms with Crippen molar-refractivity contribution in [2.45, 2.75) is 24.5 Å². The van der Waals surface area contributed by atoms with Crippen LogP contribution in [0, 0.1) is 0 Å². The van der Waals surface area contributed by atoms with Gasteiger partial charge in [0.15, 0.2) is 0 Å². The molecule has 0 aromatic heterocycles. The van der Waals surface area contributed by atoms with Crippen LogP contribution in [-0.4, -0.2) is 7.22 Å². The summed E-state index contributed by atoms with van der Waals surface area (Å²) in [6, 6.07) is -0.990. The van der Waals surface area contributed by atoms with Crippen molar-refractivity contribution in [1.29, 1.82) is 0 Å². The minimum absolute atomic E-state index is 0.0848. The molecule has 0 fully saturated rings. The van der Waals surface area contributed by atoms with Gasteiger partial charge in [0.1, 0.15) is 7.22 Å². The van der Waals surface area contributed by atoms with E-state index in [4.69, 9.17) is 6.85 Å². The van der Waals surface area contributed by atoms with Gasteiger partial charge < -0.3 is 0 Å². The molecule has 0 aliphatic rings. The summed E-state index contributed by atoms with van der Waals surface area (Å²) in [7, 11) is -1.58. The van der Waals surface area contributed by atoms with Gasteiger partial charge in [0.05, 0.1) is 6.85 Å².